The van der Waals surface area contributed by atoms with Gasteiger partial charge >= 0.3 is 10.1 Å². The van der Waals surface area contributed by atoms with E-state index in [1.54, 1.807) is 6.92 Å². The van der Waals surface area contributed by atoms with Crippen LogP contribution in [0.3, 0.4) is 0 Å². The Kier molecular flexibility index (Phi) is 4.25. The van der Waals surface area contributed by atoms with Gasteiger partial charge in [0.05, 0.1) is 11.0 Å². The lowest BCUT2D eigenvalue weighted by Crippen LogP contribution is -2.10. The van der Waals surface area contributed by atoms with Crippen molar-refractivity contribution in [2.45, 2.75) is 11.8 Å². The van der Waals surface area contributed by atoms with E-state index in [2.05, 4.69) is 0 Å². The van der Waals surface area contributed by atoms with E-state index in [-0.39, 0.29) is 16.3 Å². The highest BCUT2D eigenvalue weighted by molar-refractivity contribution is 7.87. The van der Waals surface area contributed by atoms with E-state index >= 15 is 0 Å². The summed E-state index contributed by atoms with van der Waals surface area (Å²) in [5.41, 5.74) is 5.49. The van der Waals surface area contributed by atoms with Gasteiger partial charge in [0.15, 0.2) is 0 Å². The zero-order chi connectivity index (χ0) is 16.5. The Hall–Kier alpha value is -2.32. The number of rotatable bonds is 4. The van der Waals surface area contributed by atoms with Gasteiger partial charge in [-0.05, 0) is 42.8 Å². The lowest BCUT2D eigenvalue weighted by atomic mass is 10.2. The number of nitrogens with two attached hydrogens (primary N) is 1. The highest BCUT2D eigenvalue weighted by Crippen LogP contribution is 2.29. The van der Waals surface area contributed by atoms with Crippen LogP contribution < -0.4 is 9.92 Å². The lowest BCUT2D eigenvalue weighted by Gasteiger charge is -2.08. The van der Waals surface area contributed by atoms with Crippen LogP contribution in [0.5, 0.6) is 5.75 Å². The van der Waals surface area contributed by atoms with Gasteiger partial charge < -0.3 is 9.92 Å². The van der Waals surface area contributed by atoms with Gasteiger partial charge in [0.25, 0.3) is 5.69 Å². The van der Waals surface area contributed by atoms with Gasteiger partial charge in [-0.2, -0.15) is 8.42 Å². The van der Waals surface area contributed by atoms with E-state index in [1.165, 1.54) is 30.3 Å². The molecule has 0 aliphatic rings. The smallest absolute Gasteiger partial charge is 0.339 e. The first-order valence-corrected chi connectivity index (χ1v) is 7.74. The molecular formula is C13H11ClN2O5S. The zero-order valence-electron chi connectivity index (χ0n) is 11.3. The zero-order valence-corrected chi connectivity index (χ0v) is 12.9. The van der Waals surface area contributed by atoms with E-state index < -0.39 is 20.7 Å². The average molecular weight is 343 g/mol. The number of halogens is 1. The Morgan fingerprint density at radius 2 is 1.91 bits per heavy atom. The molecule has 0 fully saturated rings. The number of nitrogens with zero attached hydrogens (tertiary/aromatic N) is 1. The molecule has 9 heteroatoms. The van der Waals surface area contributed by atoms with Crippen LogP contribution in [0.15, 0.2) is 41.3 Å². The summed E-state index contributed by atoms with van der Waals surface area (Å²) in [7, 11) is -4.13. The summed E-state index contributed by atoms with van der Waals surface area (Å²) in [6, 6.07) is 7.47. The van der Waals surface area contributed by atoms with E-state index in [1.807, 2.05) is 0 Å². The van der Waals surface area contributed by atoms with Crippen molar-refractivity contribution in [2.75, 3.05) is 5.73 Å². The van der Waals surface area contributed by atoms with Crippen LogP contribution in [0.1, 0.15) is 5.56 Å². The summed E-state index contributed by atoms with van der Waals surface area (Å²) in [6.07, 6.45) is 0. The van der Waals surface area contributed by atoms with Gasteiger partial charge in [0, 0.05) is 5.02 Å². The molecular weight excluding hydrogens is 332 g/mol. The maximum absolute atomic E-state index is 12.2. The quantitative estimate of drug-likeness (QED) is 0.395. The molecule has 0 heterocycles. The second-order valence-electron chi connectivity index (χ2n) is 4.43. The van der Waals surface area contributed by atoms with Crippen molar-refractivity contribution in [2.24, 2.45) is 0 Å². The number of hydrogen-bond donors (Lipinski definition) is 1. The van der Waals surface area contributed by atoms with Crippen LogP contribution in [-0.4, -0.2) is 13.3 Å². The number of anilines is 1. The number of benzene rings is 2. The number of nitro benzene ring substituents is 1. The first-order chi connectivity index (χ1) is 10.2. The molecule has 0 radical (unpaired) electrons. The van der Waals surface area contributed by atoms with Gasteiger partial charge in [0.1, 0.15) is 16.3 Å². The number of hydrogen-bond acceptors (Lipinski definition) is 6. The highest BCUT2D eigenvalue weighted by atomic mass is 35.5. The molecule has 22 heavy (non-hydrogen) atoms. The minimum atomic E-state index is -4.13. The molecule has 0 saturated carbocycles. The minimum Gasteiger partial charge on any atom is -0.393 e. The molecule has 0 amide bonds. The second-order valence-corrected chi connectivity index (χ2v) is 6.38. The van der Waals surface area contributed by atoms with Crippen LogP contribution >= 0.6 is 11.6 Å². The van der Waals surface area contributed by atoms with E-state index in [9.17, 15) is 18.5 Å². The predicted octanol–water partition coefficient (Wildman–Crippen LogP) is 2.91. The molecule has 2 aromatic carbocycles. The fourth-order valence-corrected chi connectivity index (χ4v) is 2.81. The molecule has 116 valence electrons. The van der Waals surface area contributed by atoms with Crippen molar-refractivity contribution in [3.05, 3.63) is 57.1 Å². The van der Waals surface area contributed by atoms with Crippen LogP contribution in [0.2, 0.25) is 5.02 Å². The maximum Gasteiger partial charge on any atom is 0.339 e. The minimum absolute atomic E-state index is 0.0860. The Morgan fingerprint density at radius 3 is 2.50 bits per heavy atom. The SMILES string of the molecule is Cc1cc(S(=O)(=O)Oc2ccc(N)c([N+](=O)[O-])c2)ccc1Cl. The molecule has 0 bridgehead atoms. The van der Waals surface area contributed by atoms with E-state index in [0.29, 0.717) is 10.6 Å². The van der Waals surface area contributed by atoms with Gasteiger partial charge in [0.2, 0.25) is 0 Å². The van der Waals surface area contributed by atoms with Gasteiger partial charge in [-0.25, -0.2) is 0 Å². The molecule has 7 nitrogen and oxygen atoms in total. The van der Waals surface area contributed by atoms with Crippen molar-refractivity contribution in [3.8, 4) is 5.75 Å². The van der Waals surface area contributed by atoms with Crippen molar-refractivity contribution < 1.29 is 17.5 Å². The third kappa shape index (κ3) is 3.29. The van der Waals surface area contributed by atoms with Crippen LogP contribution in [0, 0.1) is 17.0 Å². The standard InChI is InChI=1S/C13H11ClN2O5S/c1-8-6-10(3-4-11(8)14)22(19,20)21-9-2-5-12(15)13(7-9)16(17)18/h2-7H,15H2,1H3. The molecule has 0 saturated heterocycles. The first-order valence-electron chi connectivity index (χ1n) is 5.95. The number of aryl methyl sites for hydroxylation is 1. The van der Waals surface area contributed by atoms with Crippen molar-refractivity contribution >= 4 is 33.1 Å². The topological polar surface area (TPSA) is 113 Å². The molecule has 2 rings (SSSR count). The van der Waals surface area contributed by atoms with Gasteiger partial charge in [-0.1, -0.05) is 11.6 Å². The van der Waals surface area contributed by atoms with Crippen molar-refractivity contribution in [1.29, 1.82) is 0 Å². The Balaban J connectivity index is 2.38. The van der Waals surface area contributed by atoms with E-state index in [0.717, 1.165) is 6.07 Å². The maximum atomic E-state index is 12.2. The average Bonchev–Trinajstić information content (AvgIpc) is 2.43. The lowest BCUT2D eigenvalue weighted by molar-refractivity contribution is -0.383. The number of nitrogen functional groups attached to an aromatic ring is 1. The van der Waals surface area contributed by atoms with Crippen LogP contribution in [-0.2, 0) is 10.1 Å². The molecule has 0 aliphatic carbocycles. The molecule has 0 aromatic heterocycles. The van der Waals surface area contributed by atoms with Crippen LogP contribution in [0.4, 0.5) is 11.4 Å². The van der Waals surface area contributed by atoms with Gasteiger partial charge in [-0.15, -0.1) is 0 Å². The molecule has 0 atom stereocenters. The summed E-state index contributed by atoms with van der Waals surface area (Å²) >= 11 is 5.84. The monoisotopic (exact) mass is 342 g/mol. The first kappa shape index (κ1) is 16.1. The molecule has 2 aromatic rings. The molecule has 0 aliphatic heterocycles. The molecule has 2 N–H and O–H groups in total. The predicted molar refractivity (Wildman–Crippen MR) is 81.5 cm³/mol. The summed E-state index contributed by atoms with van der Waals surface area (Å²) < 4.78 is 29.2. The summed E-state index contributed by atoms with van der Waals surface area (Å²) in [4.78, 5) is 9.97. The van der Waals surface area contributed by atoms with E-state index in [4.69, 9.17) is 21.5 Å². The number of nitro groups is 1. The largest absolute Gasteiger partial charge is 0.393 e. The Labute approximate surface area is 131 Å². The molecule has 0 unspecified atom stereocenters. The van der Waals surface area contributed by atoms with Crippen molar-refractivity contribution in [3.63, 3.8) is 0 Å². The normalized spacial score (nSPS) is 11.2. The second kappa shape index (κ2) is 5.82. The summed E-state index contributed by atoms with van der Waals surface area (Å²) in [6.45, 7) is 1.65. The Bertz CT molecular complexity index is 852. The third-order valence-electron chi connectivity index (χ3n) is 2.82. The summed E-state index contributed by atoms with van der Waals surface area (Å²) in [5.74, 6) is -0.200. The fraction of sp³-hybridized carbons (Fsp3) is 0.0769. The third-order valence-corrected chi connectivity index (χ3v) is 4.49. The summed E-state index contributed by atoms with van der Waals surface area (Å²) in [5, 5.41) is 11.2. The Morgan fingerprint density at radius 1 is 1.23 bits per heavy atom. The van der Waals surface area contributed by atoms with Crippen LogP contribution in [0.25, 0.3) is 0 Å². The molecule has 0 spiro atoms. The highest BCUT2D eigenvalue weighted by Gasteiger charge is 2.20. The fourth-order valence-electron chi connectivity index (χ4n) is 1.68. The van der Waals surface area contributed by atoms with Crippen molar-refractivity contribution in [1.82, 2.24) is 0 Å². The van der Waals surface area contributed by atoms with Gasteiger partial charge in [-0.3, -0.25) is 10.1 Å².